The molecule has 0 saturated carbocycles. The van der Waals surface area contributed by atoms with E-state index in [1.54, 1.807) is 18.5 Å². The molecule has 0 aliphatic carbocycles. The van der Waals surface area contributed by atoms with E-state index in [4.69, 9.17) is 4.52 Å². The predicted octanol–water partition coefficient (Wildman–Crippen LogP) is 1.07. The minimum absolute atomic E-state index is 0.0267. The molecular formula is C18H25N5O3. The highest BCUT2D eigenvalue weighted by molar-refractivity contribution is 5.94. The number of aryl methyl sites for hydroxylation is 1. The van der Waals surface area contributed by atoms with Crippen molar-refractivity contribution in [2.75, 3.05) is 13.1 Å². The Balaban J connectivity index is 1.68. The Morgan fingerprint density at radius 2 is 2.27 bits per heavy atom. The minimum Gasteiger partial charge on any atom is -0.367 e. The number of rotatable bonds is 7. The van der Waals surface area contributed by atoms with Crippen LogP contribution in [-0.4, -0.2) is 52.0 Å². The van der Waals surface area contributed by atoms with Gasteiger partial charge < -0.3 is 20.1 Å². The number of aromatic nitrogens is 2. The van der Waals surface area contributed by atoms with Crippen molar-refractivity contribution in [3.05, 3.63) is 41.5 Å². The fourth-order valence-corrected chi connectivity index (χ4v) is 3.28. The largest absolute Gasteiger partial charge is 0.367 e. The Bertz CT molecular complexity index is 740. The first-order valence-corrected chi connectivity index (χ1v) is 9.00. The Labute approximate surface area is 152 Å². The van der Waals surface area contributed by atoms with Gasteiger partial charge in [-0.05, 0) is 25.8 Å². The summed E-state index contributed by atoms with van der Waals surface area (Å²) in [5.41, 5.74) is 1.48. The quantitative estimate of drug-likeness (QED) is 0.686. The molecule has 3 N–H and O–H groups in total. The molecule has 0 radical (unpaired) electrons. The number of nitrogens with zero attached hydrogens (tertiary/aromatic N) is 2. The lowest BCUT2D eigenvalue weighted by atomic mass is 10.1. The van der Waals surface area contributed by atoms with Crippen molar-refractivity contribution < 1.29 is 14.1 Å². The zero-order valence-electron chi connectivity index (χ0n) is 15.1. The summed E-state index contributed by atoms with van der Waals surface area (Å²) in [5, 5.41) is 9.90. The van der Waals surface area contributed by atoms with Crippen LogP contribution in [0.5, 0.6) is 0 Å². The van der Waals surface area contributed by atoms with Crippen LogP contribution < -0.4 is 10.6 Å². The summed E-state index contributed by atoms with van der Waals surface area (Å²) in [6.07, 6.45) is 4.74. The number of aromatic amines is 1. The fraction of sp³-hybridized carbons (Fsp3) is 0.500. The van der Waals surface area contributed by atoms with Gasteiger partial charge in [0.1, 0.15) is 0 Å². The molecule has 2 amide bonds. The molecular weight excluding hydrogens is 334 g/mol. The zero-order valence-corrected chi connectivity index (χ0v) is 15.1. The van der Waals surface area contributed by atoms with Crippen LogP contribution in [0.1, 0.15) is 42.1 Å². The van der Waals surface area contributed by atoms with Gasteiger partial charge in [0.15, 0.2) is 5.76 Å². The van der Waals surface area contributed by atoms with Crippen LogP contribution in [0.2, 0.25) is 0 Å². The lowest BCUT2D eigenvalue weighted by Crippen LogP contribution is -2.42. The highest BCUT2D eigenvalue weighted by atomic mass is 16.5. The number of hydrogen-bond donors (Lipinski definition) is 3. The van der Waals surface area contributed by atoms with Crippen molar-refractivity contribution in [1.82, 2.24) is 25.7 Å². The molecule has 2 aromatic rings. The highest BCUT2D eigenvalue weighted by Gasteiger charge is 2.37. The van der Waals surface area contributed by atoms with E-state index in [0.29, 0.717) is 31.6 Å². The van der Waals surface area contributed by atoms with E-state index in [1.165, 1.54) is 0 Å². The van der Waals surface area contributed by atoms with Crippen LogP contribution in [0, 0.1) is 0 Å². The maximum Gasteiger partial charge on any atom is 0.253 e. The molecule has 26 heavy (non-hydrogen) atoms. The number of nitrogens with one attached hydrogen (secondary N) is 3. The first-order valence-electron chi connectivity index (χ1n) is 9.00. The maximum atomic E-state index is 12.5. The lowest BCUT2D eigenvalue weighted by molar-refractivity contribution is -0.125. The summed E-state index contributed by atoms with van der Waals surface area (Å²) < 4.78 is 5.37. The first kappa shape index (κ1) is 18.2. The molecule has 8 heteroatoms. The van der Waals surface area contributed by atoms with Crippen molar-refractivity contribution in [2.45, 2.75) is 45.3 Å². The van der Waals surface area contributed by atoms with Gasteiger partial charge in [-0.1, -0.05) is 12.1 Å². The predicted molar refractivity (Wildman–Crippen MR) is 95.4 cm³/mol. The summed E-state index contributed by atoms with van der Waals surface area (Å²) >= 11 is 0. The third-order valence-corrected chi connectivity index (χ3v) is 4.58. The van der Waals surface area contributed by atoms with E-state index in [1.807, 2.05) is 24.8 Å². The number of likely N-dealkylation sites (N-methyl/N-ethyl adjacent to an activating group) is 1. The number of H-pyrrole nitrogens is 1. The van der Waals surface area contributed by atoms with E-state index < -0.39 is 0 Å². The Hall–Kier alpha value is -2.61. The van der Waals surface area contributed by atoms with Gasteiger partial charge in [-0.25, -0.2) is 0 Å². The standard InChI is InChI=1S/C18H25N5O3/c1-3-13-7-15(26-22-13)11-23-10-14(8-16(23)18(25)20-4-2)21-17(24)12-5-6-19-9-12/h5-7,9,14,16,19H,3-4,8,10-11H2,1-2H3,(H,20,25)(H,21,24)/t14-,16-/m0/s1. The van der Waals surface area contributed by atoms with Gasteiger partial charge in [0, 0.05) is 37.6 Å². The van der Waals surface area contributed by atoms with Crippen molar-refractivity contribution >= 4 is 11.8 Å². The summed E-state index contributed by atoms with van der Waals surface area (Å²) in [6, 6.07) is 3.24. The molecule has 1 aliphatic rings. The van der Waals surface area contributed by atoms with Gasteiger partial charge in [0.25, 0.3) is 5.91 Å². The van der Waals surface area contributed by atoms with Gasteiger partial charge in [-0.2, -0.15) is 0 Å². The molecule has 1 fully saturated rings. The lowest BCUT2D eigenvalue weighted by Gasteiger charge is -2.21. The van der Waals surface area contributed by atoms with Crippen LogP contribution in [0.25, 0.3) is 0 Å². The second-order valence-corrected chi connectivity index (χ2v) is 6.48. The number of likely N-dealkylation sites (tertiary alicyclic amines) is 1. The zero-order chi connectivity index (χ0) is 18.5. The number of carbonyl (C=O) groups is 2. The van der Waals surface area contributed by atoms with Crippen molar-refractivity contribution in [3.8, 4) is 0 Å². The van der Waals surface area contributed by atoms with Crippen LogP contribution >= 0.6 is 0 Å². The Morgan fingerprint density at radius 3 is 2.92 bits per heavy atom. The van der Waals surface area contributed by atoms with E-state index in [2.05, 4.69) is 20.8 Å². The van der Waals surface area contributed by atoms with E-state index in [-0.39, 0.29) is 23.9 Å². The van der Waals surface area contributed by atoms with E-state index in [9.17, 15) is 9.59 Å². The van der Waals surface area contributed by atoms with Gasteiger partial charge in [0.2, 0.25) is 5.91 Å². The van der Waals surface area contributed by atoms with Crippen LogP contribution in [-0.2, 0) is 17.8 Å². The summed E-state index contributed by atoms with van der Waals surface area (Å²) in [5.74, 6) is 0.565. The Morgan fingerprint density at radius 1 is 1.42 bits per heavy atom. The average molecular weight is 359 g/mol. The summed E-state index contributed by atoms with van der Waals surface area (Å²) in [4.78, 5) is 29.7. The third-order valence-electron chi connectivity index (χ3n) is 4.58. The second-order valence-electron chi connectivity index (χ2n) is 6.48. The summed E-state index contributed by atoms with van der Waals surface area (Å²) in [6.45, 7) is 5.56. The Kier molecular flexibility index (Phi) is 5.72. The van der Waals surface area contributed by atoms with Gasteiger partial charge in [0.05, 0.1) is 23.8 Å². The summed E-state index contributed by atoms with van der Waals surface area (Å²) in [7, 11) is 0. The molecule has 0 spiro atoms. The van der Waals surface area contributed by atoms with Crippen molar-refractivity contribution in [1.29, 1.82) is 0 Å². The molecule has 3 rings (SSSR count). The van der Waals surface area contributed by atoms with E-state index in [0.717, 1.165) is 17.9 Å². The van der Waals surface area contributed by atoms with Gasteiger partial charge in [-0.15, -0.1) is 0 Å². The molecule has 1 saturated heterocycles. The molecule has 8 nitrogen and oxygen atoms in total. The minimum atomic E-state index is -0.304. The third kappa shape index (κ3) is 4.13. The van der Waals surface area contributed by atoms with Gasteiger partial charge in [-0.3, -0.25) is 14.5 Å². The van der Waals surface area contributed by atoms with Crippen molar-refractivity contribution in [2.24, 2.45) is 0 Å². The van der Waals surface area contributed by atoms with Gasteiger partial charge >= 0.3 is 0 Å². The second kappa shape index (κ2) is 8.18. The number of hydrogen-bond acceptors (Lipinski definition) is 5. The SMILES string of the molecule is CCNC(=O)[C@@H]1C[C@H](NC(=O)c2cc[nH]c2)CN1Cc1cc(CC)no1. The average Bonchev–Trinajstić information content (AvgIpc) is 3.36. The molecule has 2 atom stereocenters. The number of carbonyl (C=O) groups excluding carboxylic acids is 2. The van der Waals surface area contributed by atoms with Crippen molar-refractivity contribution in [3.63, 3.8) is 0 Å². The van der Waals surface area contributed by atoms with E-state index >= 15 is 0 Å². The molecule has 0 unspecified atom stereocenters. The number of amides is 2. The fourth-order valence-electron chi connectivity index (χ4n) is 3.28. The molecule has 3 heterocycles. The maximum absolute atomic E-state index is 12.5. The smallest absolute Gasteiger partial charge is 0.253 e. The monoisotopic (exact) mass is 359 g/mol. The van der Waals surface area contributed by atoms with Crippen LogP contribution in [0.3, 0.4) is 0 Å². The molecule has 1 aliphatic heterocycles. The first-order chi connectivity index (χ1) is 12.6. The molecule has 0 aromatic carbocycles. The highest BCUT2D eigenvalue weighted by Crippen LogP contribution is 2.22. The molecule has 140 valence electrons. The molecule has 0 bridgehead atoms. The normalized spacial score (nSPS) is 20.2. The molecule has 2 aromatic heterocycles. The van der Waals surface area contributed by atoms with Crippen LogP contribution in [0.15, 0.2) is 29.0 Å². The topological polar surface area (TPSA) is 103 Å². The van der Waals surface area contributed by atoms with Crippen LogP contribution in [0.4, 0.5) is 0 Å².